The molecule has 6 aromatic carbocycles. The van der Waals surface area contributed by atoms with E-state index in [0.717, 1.165) is 17.6 Å². The minimum atomic E-state index is -0.0882. The van der Waals surface area contributed by atoms with E-state index in [0.29, 0.717) is 0 Å². The first kappa shape index (κ1) is 46.8. The van der Waals surface area contributed by atoms with Crippen LogP contribution in [-0.4, -0.2) is 6.85 Å². The van der Waals surface area contributed by atoms with Crippen LogP contribution in [0.3, 0.4) is 0 Å². The Bertz CT molecular complexity index is 3350. The predicted octanol–water partition coefficient (Wildman–Crippen LogP) is 17.8. The predicted molar refractivity (Wildman–Crippen MR) is 306 cm³/mol. The van der Waals surface area contributed by atoms with Crippen molar-refractivity contribution in [1.82, 2.24) is 0 Å². The van der Waals surface area contributed by atoms with Gasteiger partial charge in [0.25, 0.3) is 0 Å². The van der Waals surface area contributed by atoms with Gasteiger partial charge >= 0.3 is 6.85 Å². The number of hydrogen-bond acceptors (Lipinski definition) is 3. The first-order valence-corrected chi connectivity index (χ1v) is 27.7. The summed E-state index contributed by atoms with van der Waals surface area (Å²) in [5.74, 6) is 0. The number of para-hydroxylation sites is 1. The minimum absolute atomic E-state index is 0.0510. The normalized spacial score (nSPS) is 20.2. The van der Waals surface area contributed by atoms with Gasteiger partial charge in [-0.1, -0.05) is 152 Å². The van der Waals surface area contributed by atoms with Crippen molar-refractivity contribution in [2.45, 2.75) is 200 Å². The van der Waals surface area contributed by atoms with Crippen molar-refractivity contribution in [3.8, 4) is 11.1 Å². The van der Waals surface area contributed by atoms with Crippen LogP contribution < -0.4 is 20.6 Å². The average Bonchev–Trinajstić information content (AvgIpc) is 3.69. The quantitative estimate of drug-likeness (QED) is 0.117. The molecule has 2 aliphatic heterocycles. The highest BCUT2D eigenvalue weighted by Gasteiger charge is 2.49. The molecule has 0 fully saturated rings. The van der Waals surface area contributed by atoms with Crippen LogP contribution >= 0.6 is 0 Å². The Balaban J connectivity index is 1.23. The van der Waals surface area contributed by atoms with E-state index in [4.69, 9.17) is 4.42 Å². The summed E-state index contributed by atoms with van der Waals surface area (Å²) in [5.41, 5.74) is 26.2. The molecule has 0 bridgehead atoms. The molecule has 71 heavy (non-hydrogen) atoms. The number of nitrogens with zero attached hydrogens (tertiary/aromatic N) is 2. The van der Waals surface area contributed by atoms with Gasteiger partial charge in [-0.15, -0.1) is 0 Å². The molecule has 1 aromatic heterocycles. The molecule has 3 heterocycles. The van der Waals surface area contributed by atoms with Crippen LogP contribution in [0.4, 0.5) is 28.4 Å². The van der Waals surface area contributed by atoms with Gasteiger partial charge in [0.2, 0.25) is 0 Å². The maximum Gasteiger partial charge on any atom is 0.333 e. The molecule has 0 amide bonds. The van der Waals surface area contributed by atoms with E-state index in [2.05, 4.69) is 198 Å². The molecule has 5 aliphatic rings. The smallest absolute Gasteiger partial charge is 0.333 e. The zero-order chi connectivity index (χ0) is 49.9. The molecule has 0 saturated carbocycles. The highest BCUT2D eigenvalue weighted by Crippen LogP contribution is 2.56. The molecule has 3 aliphatic carbocycles. The SMILES string of the molecule is CCCCCCc1cc2c3c(c1)N(c1cc4c(cc1C)C(C)(C)CCC4(C)C)c1cc4oc5ccccc5c4cc1B3N(c1ccc3c(c1)C(C)(C)CCC3(C)C)c1cc3c(cc1-2)C(C)(C)CCC3(C)C. The van der Waals surface area contributed by atoms with Gasteiger partial charge in [0.05, 0.1) is 0 Å². The van der Waals surface area contributed by atoms with E-state index in [1.165, 1.54) is 170 Å². The van der Waals surface area contributed by atoms with E-state index in [1.807, 2.05) is 0 Å². The largest absolute Gasteiger partial charge is 0.456 e. The van der Waals surface area contributed by atoms with Gasteiger partial charge in [-0.25, -0.2) is 0 Å². The molecule has 0 radical (unpaired) electrons. The van der Waals surface area contributed by atoms with Crippen LogP contribution in [-0.2, 0) is 38.9 Å². The summed E-state index contributed by atoms with van der Waals surface area (Å²) in [5, 5.41) is 2.37. The summed E-state index contributed by atoms with van der Waals surface area (Å²) in [6.07, 6.45) is 13.1. The Morgan fingerprint density at radius 1 is 0.479 bits per heavy atom. The van der Waals surface area contributed by atoms with Gasteiger partial charge in [-0.2, -0.15) is 0 Å². The second-order valence-electron chi connectivity index (χ2n) is 27.1. The van der Waals surface area contributed by atoms with Gasteiger partial charge in [0.1, 0.15) is 11.2 Å². The van der Waals surface area contributed by atoms with Gasteiger partial charge in [-0.3, -0.25) is 0 Å². The first-order valence-electron chi connectivity index (χ1n) is 27.7. The van der Waals surface area contributed by atoms with Crippen molar-refractivity contribution in [2.24, 2.45) is 0 Å². The lowest BCUT2D eigenvalue weighted by Crippen LogP contribution is -2.62. The molecule has 0 N–H and O–H groups in total. The monoisotopic (exact) mass is 939 g/mol. The van der Waals surface area contributed by atoms with Crippen molar-refractivity contribution in [2.75, 3.05) is 9.71 Å². The van der Waals surface area contributed by atoms with E-state index < -0.39 is 0 Å². The second kappa shape index (κ2) is 15.6. The summed E-state index contributed by atoms with van der Waals surface area (Å²) < 4.78 is 6.91. The number of furan rings is 1. The van der Waals surface area contributed by atoms with Crippen LogP contribution in [0, 0.1) is 6.92 Å². The van der Waals surface area contributed by atoms with Crippen LogP contribution in [0.25, 0.3) is 33.1 Å². The Morgan fingerprint density at radius 2 is 1.06 bits per heavy atom. The van der Waals surface area contributed by atoms with Gasteiger partial charge in [0.15, 0.2) is 0 Å². The number of rotatable bonds is 7. The zero-order valence-corrected chi connectivity index (χ0v) is 45.8. The van der Waals surface area contributed by atoms with Crippen molar-refractivity contribution >= 4 is 68.1 Å². The lowest BCUT2D eigenvalue weighted by molar-refractivity contribution is 0.332. The molecule has 366 valence electrons. The third kappa shape index (κ3) is 7.09. The maximum absolute atomic E-state index is 6.91. The zero-order valence-electron chi connectivity index (χ0n) is 45.8. The van der Waals surface area contributed by atoms with Gasteiger partial charge in [0, 0.05) is 50.8 Å². The fraction of sp³-hybridized carbons (Fsp3) is 0.463. The highest BCUT2D eigenvalue weighted by atomic mass is 16.3. The van der Waals surface area contributed by atoms with E-state index in [1.54, 1.807) is 0 Å². The van der Waals surface area contributed by atoms with E-state index >= 15 is 0 Å². The number of aryl methyl sites for hydroxylation is 2. The number of hydrogen-bond donors (Lipinski definition) is 0. The third-order valence-corrected chi connectivity index (χ3v) is 19.4. The Kier molecular flexibility index (Phi) is 10.3. The van der Waals surface area contributed by atoms with E-state index in [-0.39, 0.29) is 39.3 Å². The molecule has 7 aromatic rings. The molecular weight excluding hydrogens is 860 g/mol. The standard InChI is InChI=1S/C67H79BN2O/c1-15-16-17-18-21-42-33-47-45-36-51-53(67(13,14)31-29-65(51,9)10)39-56(45)70(43-24-25-48-50(35-43)64(7,8)27-26-62(48,3)4)68-54-37-46-44-22-19-20-23-59(44)71-60(46)40-57(54)69(58(34-42)61(47)68)55-38-52-49(32-41(55)2)63(5,6)28-30-66(52,11)12/h19-20,22-25,32-40H,15-18,21,26-31H2,1-14H3. The summed E-state index contributed by atoms with van der Waals surface area (Å²) in [4.78, 5) is 5.54. The average molecular weight is 939 g/mol. The molecule has 4 heteroatoms. The van der Waals surface area contributed by atoms with Crippen molar-refractivity contribution in [3.05, 3.63) is 136 Å². The number of benzene rings is 6. The topological polar surface area (TPSA) is 19.6 Å². The summed E-state index contributed by atoms with van der Waals surface area (Å²) in [6.45, 7) is 34.4. The maximum atomic E-state index is 6.91. The second-order valence-corrected chi connectivity index (χ2v) is 27.1. The summed E-state index contributed by atoms with van der Waals surface area (Å²) in [6, 6.07) is 37.2. The molecule has 3 nitrogen and oxygen atoms in total. The molecule has 0 spiro atoms. The third-order valence-electron chi connectivity index (χ3n) is 19.4. The van der Waals surface area contributed by atoms with E-state index in [9.17, 15) is 0 Å². The van der Waals surface area contributed by atoms with Gasteiger partial charge in [-0.05, 0) is 194 Å². The number of anilines is 5. The van der Waals surface area contributed by atoms with Crippen LogP contribution in [0.2, 0.25) is 0 Å². The van der Waals surface area contributed by atoms with Crippen molar-refractivity contribution in [3.63, 3.8) is 0 Å². The first-order chi connectivity index (χ1) is 33.5. The van der Waals surface area contributed by atoms with Crippen LogP contribution in [0.15, 0.2) is 95.4 Å². The highest BCUT2D eigenvalue weighted by molar-refractivity contribution is 6.93. The van der Waals surface area contributed by atoms with Gasteiger partial charge < -0.3 is 14.1 Å². The number of unbranched alkanes of at least 4 members (excludes halogenated alkanes) is 3. The van der Waals surface area contributed by atoms with Crippen molar-refractivity contribution in [1.29, 1.82) is 0 Å². The molecule has 0 atom stereocenters. The molecule has 12 rings (SSSR count). The molecule has 0 saturated heterocycles. The Labute approximate surface area is 426 Å². The summed E-state index contributed by atoms with van der Waals surface area (Å²) >= 11 is 0. The lowest BCUT2D eigenvalue weighted by atomic mass is 9.43. The molecular formula is C67H79BN2O. The Morgan fingerprint density at radius 3 is 1.70 bits per heavy atom. The number of fused-ring (bicyclic) bond motifs is 10. The fourth-order valence-corrected chi connectivity index (χ4v) is 14.4. The Hall–Kier alpha value is -5.22. The lowest BCUT2D eigenvalue weighted by Gasteiger charge is -2.49. The summed E-state index contributed by atoms with van der Waals surface area (Å²) in [7, 11) is 0. The minimum Gasteiger partial charge on any atom is -0.456 e. The van der Waals surface area contributed by atoms with Crippen LogP contribution in [0.1, 0.15) is 199 Å². The van der Waals surface area contributed by atoms with Crippen molar-refractivity contribution < 1.29 is 4.42 Å². The molecule has 0 unspecified atom stereocenters. The fourth-order valence-electron chi connectivity index (χ4n) is 14.4. The van der Waals surface area contributed by atoms with Crippen LogP contribution in [0.5, 0.6) is 0 Å².